The van der Waals surface area contributed by atoms with E-state index in [1.54, 1.807) is 12.4 Å². The van der Waals surface area contributed by atoms with Crippen LogP contribution in [0.3, 0.4) is 0 Å². The molecule has 3 heterocycles. The predicted octanol–water partition coefficient (Wildman–Crippen LogP) is 2.76. The van der Waals surface area contributed by atoms with Crippen molar-refractivity contribution >= 4 is 11.9 Å². The molecule has 4 rings (SSSR count). The van der Waals surface area contributed by atoms with Gasteiger partial charge in [0.1, 0.15) is 12.0 Å². The van der Waals surface area contributed by atoms with Gasteiger partial charge in [-0.05, 0) is 31.3 Å². The Morgan fingerprint density at radius 1 is 1.29 bits per heavy atom. The summed E-state index contributed by atoms with van der Waals surface area (Å²) in [5, 5.41) is 4.19. The van der Waals surface area contributed by atoms with E-state index in [4.69, 9.17) is 8.83 Å². The Labute approximate surface area is 139 Å². The molecule has 1 N–H and O–H groups in total. The second-order valence-corrected chi connectivity index (χ2v) is 5.72. The summed E-state index contributed by atoms with van der Waals surface area (Å²) in [5.74, 6) is 2.20. The number of aromatic nitrogens is 2. The molecule has 7 nitrogen and oxygen atoms in total. The minimum Gasteiger partial charge on any atom is -0.444 e. The van der Waals surface area contributed by atoms with Crippen LogP contribution in [0.5, 0.6) is 0 Å². The maximum absolute atomic E-state index is 5.72. The molecule has 0 atom stereocenters. The molecule has 7 heteroatoms. The summed E-state index contributed by atoms with van der Waals surface area (Å²) in [4.78, 5) is 10.6. The number of hydrazone groups is 1. The van der Waals surface area contributed by atoms with Gasteiger partial charge in [-0.15, -0.1) is 0 Å². The van der Waals surface area contributed by atoms with Crippen molar-refractivity contribution in [1.29, 1.82) is 0 Å². The van der Waals surface area contributed by atoms with Crippen molar-refractivity contribution in [2.75, 3.05) is 19.0 Å². The predicted molar refractivity (Wildman–Crippen MR) is 89.7 cm³/mol. The van der Waals surface area contributed by atoms with Crippen LogP contribution in [0.15, 0.2) is 50.8 Å². The lowest BCUT2D eigenvalue weighted by molar-refractivity contribution is 0.276. The summed E-state index contributed by atoms with van der Waals surface area (Å²) in [6.45, 7) is 1.80. The molecule has 1 aliphatic rings. The summed E-state index contributed by atoms with van der Waals surface area (Å²) in [5.41, 5.74) is 5.83. The highest BCUT2D eigenvalue weighted by Crippen LogP contribution is 2.21. The van der Waals surface area contributed by atoms with Crippen LogP contribution >= 0.6 is 0 Å². The number of rotatable bonds is 4. The zero-order chi connectivity index (χ0) is 16.4. The molecular formula is C17H17N5O2. The number of oxazole rings is 2. The maximum atomic E-state index is 5.72. The van der Waals surface area contributed by atoms with Gasteiger partial charge in [0.25, 0.3) is 0 Å². The third kappa shape index (κ3) is 3.07. The van der Waals surface area contributed by atoms with Gasteiger partial charge < -0.3 is 8.83 Å². The van der Waals surface area contributed by atoms with E-state index in [1.165, 1.54) is 6.39 Å². The highest BCUT2D eigenvalue weighted by molar-refractivity contribution is 5.74. The van der Waals surface area contributed by atoms with E-state index < -0.39 is 0 Å². The first-order valence-corrected chi connectivity index (χ1v) is 7.73. The normalized spacial score (nSPS) is 14.9. The van der Waals surface area contributed by atoms with Gasteiger partial charge >= 0.3 is 0 Å². The van der Waals surface area contributed by atoms with Crippen LogP contribution in [-0.4, -0.2) is 34.7 Å². The van der Waals surface area contributed by atoms with Crippen LogP contribution in [0.1, 0.15) is 17.3 Å². The molecule has 0 fully saturated rings. The first-order valence-electron chi connectivity index (χ1n) is 7.73. The highest BCUT2D eigenvalue weighted by atomic mass is 16.4. The first-order chi connectivity index (χ1) is 11.8. The van der Waals surface area contributed by atoms with Gasteiger partial charge in [0, 0.05) is 18.5 Å². The van der Waals surface area contributed by atoms with E-state index in [0.29, 0.717) is 5.89 Å². The number of nitrogens with one attached hydrogen (secondary N) is 1. The van der Waals surface area contributed by atoms with Crippen molar-refractivity contribution < 1.29 is 8.83 Å². The minimum absolute atomic E-state index is 0.529. The summed E-state index contributed by atoms with van der Waals surface area (Å²) in [6.07, 6.45) is 5.62. The monoisotopic (exact) mass is 323 g/mol. The molecule has 0 aliphatic carbocycles. The van der Waals surface area contributed by atoms with Gasteiger partial charge in [-0.3, -0.25) is 10.3 Å². The SMILES string of the molecule is CN1CCc2nc(C=NNc3ccc(-c4cnco4)cc3)oc2C1. The Balaban J connectivity index is 1.40. The molecule has 0 radical (unpaired) electrons. The molecule has 3 aromatic rings. The first kappa shape index (κ1) is 14.6. The van der Waals surface area contributed by atoms with Crippen molar-refractivity contribution in [2.45, 2.75) is 13.0 Å². The summed E-state index contributed by atoms with van der Waals surface area (Å²) >= 11 is 0. The fourth-order valence-corrected chi connectivity index (χ4v) is 2.63. The van der Waals surface area contributed by atoms with E-state index in [2.05, 4.69) is 32.4 Å². The van der Waals surface area contributed by atoms with E-state index in [0.717, 1.165) is 48.0 Å². The van der Waals surface area contributed by atoms with Crippen molar-refractivity contribution in [2.24, 2.45) is 5.10 Å². The Kier molecular flexibility index (Phi) is 3.84. The third-order valence-electron chi connectivity index (χ3n) is 3.91. The molecule has 122 valence electrons. The molecule has 0 bridgehead atoms. The van der Waals surface area contributed by atoms with Crippen molar-refractivity contribution in [3.05, 3.63) is 54.2 Å². The quantitative estimate of drug-likeness (QED) is 0.587. The molecule has 0 spiro atoms. The lowest BCUT2D eigenvalue weighted by Gasteiger charge is -2.19. The van der Waals surface area contributed by atoms with Crippen LogP contribution in [0.4, 0.5) is 5.69 Å². The average Bonchev–Trinajstić information content (AvgIpc) is 3.24. The van der Waals surface area contributed by atoms with Gasteiger partial charge in [-0.1, -0.05) is 0 Å². The summed E-state index contributed by atoms with van der Waals surface area (Å²) in [6, 6.07) is 7.73. The number of fused-ring (bicyclic) bond motifs is 1. The summed E-state index contributed by atoms with van der Waals surface area (Å²) in [7, 11) is 2.07. The Hall–Kier alpha value is -2.93. The van der Waals surface area contributed by atoms with Crippen LogP contribution in [0.2, 0.25) is 0 Å². The highest BCUT2D eigenvalue weighted by Gasteiger charge is 2.19. The molecule has 2 aromatic heterocycles. The largest absolute Gasteiger partial charge is 0.444 e. The molecule has 24 heavy (non-hydrogen) atoms. The topological polar surface area (TPSA) is 79.7 Å². The molecule has 1 aliphatic heterocycles. The Morgan fingerprint density at radius 2 is 2.17 bits per heavy atom. The number of likely N-dealkylation sites (N-methyl/N-ethyl adjacent to an activating group) is 1. The maximum Gasteiger partial charge on any atom is 0.239 e. The van der Waals surface area contributed by atoms with Crippen molar-refractivity contribution in [3.8, 4) is 11.3 Å². The number of anilines is 1. The minimum atomic E-state index is 0.529. The van der Waals surface area contributed by atoms with Crippen LogP contribution in [0, 0.1) is 0 Å². The molecule has 1 aromatic carbocycles. The number of nitrogens with zero attached hydrogens (tertiary/aromatic N) is 4. The number of hydrogen-bond donors (Lipinski definition) is 1. The van der Waals surface area contributed by atoms with E-state index in [1.807, 2.05) is 24.3 Å². The number of benzene rings is 1. The molecule has 0 amide bonds. The zero-order valence-corrected chi connectivity index (χ0v) is 13.3. The third-order valence-corrected chi connectivity index (χ3v) is 3.91. The second kappa shape index (κ2) is 6.29. The standard InChI is InChI=1S/C17H17N5O2/c1-22-7-6-14-16(10-22)24-17(20-14)9-19-21-13-4-2-12(3-5-13)15-8-18-11-23-15/h2-5,8-9,11,21H,6-7,10H2,1H3. The molecule has 0 saturated heterocycles. The van der Waals surface area contributed by atoms with Crippen molar-refractivity contribution in [3.63, 3.8) is 0 Å². The molecular weight excluding hydrogens is 306 g/mol. The Morgan fingerprint density at radius 3 is 2.96 bits per heavy atom. The van der Waals surface area contributed by atoms with Crippen LogP contribution in [-0.2, 0) is 13.0 Å². The van der Waals surface area contributed by atoms with E-state index in [9.17, 15) is 0 Å². The fraction of sp³-hybridized carbons (Fsp3) is 0.235. The van der Waals surface area contributed by atoms with Crippen LogP contribution in [0.25, 0.3) is 11.3 Å². The van der Waals surface area contributed by atoms with Crippen molar-refractivity contribution in [1.82, 2.24) is 14.9 Å². The number of hydrogen-bond acceptors (Lipinski definition) is 7. The zero-order valence-electron chi connectivity index (χ0n) is 13.3. The average molecular weight is 323 g/mol. The molecule has 0 saturated carbocycles. The molecule has 0 unspecified atom stereocenters. The van der Waals surface area contributed by atoms with Gasteiger partial charge in [0.2, 0.25) is 5.89 Å². The van der Waals surface area contributed by atoms with Gasteiger partial charge in [0.05, 0.1) is 24.1 Å². The Bertz CT molecular complexity index is 837. The summed E-state index contributed by atoms with van der Waals surface area (Å²) < 4.78 is 11.0. The van der Waals surface area contributed by atoms with Gasteiger partial charge in [-0.2, -0.15) is 5.10 Å². The van der Waals surface area contributed by atoms with Gasteiger partial charge in [-0.25, -0.2) is 9.97 Å². The van der Waals surface area contributed by atoms with E-state index >= 15 is 0 Å². The lowest BCUT2D eigenvalue weighted by Crippen LogP contribution is -2.25. The second-order valence-electron chi connectivity index (χ2n) is 5.72. The van der Waals surface area contributed by atoms with E-state index in [-0.39, 0.29) is 0 Å². The fourth-order valence-electron chi connectivity index (χ4n) is 2.63. The van der Waals surface area contributed by atoms with Crippen LogP contribution < -0.4 is 5.43 Å². The lowest BCUT2D eigenvalue weighted by atomic mass is 10.2. The van der Waals surface area contributed by atoms with Gasteiger partial charge in [0.15, 0.2) is 12.2 Å². The smallest absolute Gasteiger partial charge is 0.239 e.